The minimum atomic E-state index is -3.64. The number of sulfone groups is 1. The van der Waals surface area contributed by atoms with Crippen molar-refractivity contribution in [1.29, 1.82) is 5.26 Å². The van der Waals surface area contributed by atoms with E-state index in [1.807, 2.05) is 38.1 Å². The summed E-state index contributed by atoms with van der Waals surface area (Å²) in [7, 11) is -3.64. The first kappa shape index (κ1) is 20.7. The minimum Gasteiger partial charge on any atom is -0.358 e. The van der Waals surface area contributed by atoms with E-state index in [-0.39, 0.29) is 15.9 Å². The van der Waals surface area contributed by atoms with Crippen molar-refractivity contribution < 1.29 is 13.2 Å². The maximum atomic E-state index is 12.6. The van der Waals surface area contributed by atoms with Crippen LogP contribution in [0.2, 0.25) is 0 Å². The van der Waals surface area contributed by atoms with Gasteiger partial charge < -0.3 is 4.98 Å². The van der Waals surface area contributed by atoms with E-state index < -0.39 is 21.0 Å². The van der Waals surface area contributed by atoms with E-state index in [2.05, 4.69) is 19.7 Å². The average Bonchev–Trinajstić information content (AvgIpc) is 3.24. The third-order valence-electron chi connectivity index (χ3n) is 4.35. The Labute approximate surface area is 172 Å². The topological polar surface area (TPSA) is 129 Å². The number of nitrogens with one attached hydrogen (secondary N) is 2. The van der Waals surface area contributed by atoms with Crippen LogP contribution in [-0.4, -0.2) is 33.9 Å². The number of anilines is 1. The van der Waals surface area contributed by atoms with E-state index >= 15 is 0 Å². The molecule has 0 spiro atoms. The van der Waals surface area contributed by atoms with E-state index in [0.717, 1.165) is 39.3 Å². The van der Waals surface area contributed by atoms with Gasteiger partial charge in [0.15, 0.2) is 0 Å². The van der Waals surface area contributed by atoms with Gasteiger partial charge in [0.2, 0.25) is 15.0 Å². The molecule has 0 bridgehead atoms. The van der Waals surface area contributed by atoms with Gasteiger partial charge in [0.05, 0.1) is 5.25 Å². The van der Waals surface area contributed by atoms with Crippen LogP contribution in [0.15, 0.2) is 28.9 Å². The quantitative estimate of drug-likeness (QED) is 0.473. The molecule has 0 unspecified atom stereocenters. The van der Waals surface area contributed by atoms with Gasteiger partial charge in [-0.05, 0) is 45.9 Å². The minimum absolute atomic E-state index is 0.0156. The number of carbonyl (C=O) groups excluding carboxylic acids is 1. The molecule has 0 saturated heterocycles. The molecule has 2 heterocycles. The number of benzene rings is 1. The van der Waals surface area contributed by atoms with Crippen LogP contribution in [0, 0.1) is 25.2 Å². The Morgan fingerprint density at radius 2 is 2.07 bits per heavy atom. The molecule has 3 aromatic rings. The number of amides is 1. The van der Waals surface area contributed by atoms with Crippen LogP contribution in [0.1, 0.15) is 30.7 Å². The number of hydrogen-bond acceptors (Lipinski definition) is 7. The SMILES string of the molecule is Cc1ccc2[nH]c(C)c(/C=C(/C#N)C(=O)Nc3nc(S(=O)(=O)C(C)C)ns3)c2c1. The van der Waals surface area contributed by atoms with Crippen LogP contribution in [0.3, 0.4) is 0 Å². The first-order valence-electron chi connectivity index (χ1n) is 8.73. The maximum absolute atomic E-state index is 12.6. The Bertz CT molecular complexity index is 1280. The van der Waals surface area contributed by atoms with Crippen molar-refractivity contribution in [2.45, 2.75) is 38.1 Å². The molecular formula is C19H19N5O3S2. The summed E-state index contributed by atoms with van der Waals surface area (Å²) in [6.07, 6.45) is 1.51. The molecule has 0 saturated carbocycles. The van der Waals surface area contributed by atoms with E-state index in [4.69, 9.17) is 0 Å². The molecule has 10 heteroatoms. The van der Waals surface area contributed by atoms with Crippen molar-refractivity contribution in [2.75, 3.05) is 5.32 Å². The molecule has 150 valence electrons. The summed E-state index contributed by atoms with van der Waals surface area (Å²) in [6.45, 7) is 6.88. The van der Waals surface area contributed by atoms with Crippen molar-refractivity contribution in [1.82, 2.24) is 14.3 Å². The van der Waals surface area contributed by atoms with Crippen LogP contribution < -0.4 is 5.32 Å². The number of carbonyl (C=O) groups is 1. The lowest BCUT2D eigenvalue weighted by Crippen LogP contribution is -2.16. The lowest BCUT2D eigenvalue weighted by atomic mass is 10.1. The van der Waals surface area contributed by atoms with Gasteiger partial charge in [-0.15, -0.1) is 0 Å². The number of nitrogens with zero attached hydrogens (tertiary/aromatic N) is 3. The number of aromatic nitrogens is 3. The highest BCUT2D eigenvalue weighted by atomic mass is 32.2. The largest absolute Gasteiger partial charge is 0.358 e. The normalized spacial score (nSPS) is 12.3. The number of H-pyrrole nitrogens is 1. The number of nitriles is 1. The maximum Gasteiger partial charge on any atom is 0.268 e. The fraction of sp³-hybridized carbons (Fsp3) is 0.263. The van der Waals surface area contributed by atoms with E-state index in [1.165, 1.54) is 19.9 Å². The second kappa shape index (κ2) is 7.77. The summed E-state index contributed by atoms with van der Waals surface area (Å²) in [6, 6.07) is 7.79. The molecule has 29 heavy (non-hydrogen) atoms. The molecule has 0 aliphatic carbocycles. The zero-order valence-corrected chi connectivity index (χ0v) is 17.9. The van der Waals surface area contributed by atoms with E-state index in [9.17, 15) is 18.5 Å². The Morgan fingerprint density at radius 3 is 2.72 bits per heavy atom. The van der Waals surface area contributed by atoms with Gasteiger partial charge in [-0.3, -0.25) is 10.1 Å². The number of aryl methyl sites for hydroxylation is 2. The molecule has 0 radical (unpaired) electrons. The zero-order chi connectivity index (χ0) is 21.3. The summed E-state index contributed by atoms with van der Waals surface area (Å²) < 4.78 is 28.1. The van der Waals surface area contributed by atoms with Gasteiger partial charge in [-0.2, -0.15) is 14.6 Å². The fourth-order valence-electron chi connectivity index (χ4n) is 2.69. The third kappa shape index (κ3) is 4.06. The van der Waals surface area contributed by atoms with Crippen molar-refractivity contribution >= 4 is 49.4 Å². The smallest absolute Gasteiger partial charge is 0.268 e. The number of fused-ring (bicyclic) bond motifs is 1. The molecule has 8 nitrogen and oxygen atoms in total. The Kier molecular flexibility index (Phi) is 5.55. The Hall–Kier alpha value is -3.03. The summed E-state index contributed by atoms with van der Waals surface area (Å²) in [4.78, 5) is 19.7. The van der Waals surface area contributed by atoms with Gasteiger partial charge in [0.25, 0.3) is 11.1 Å². The van der Waals surface area contributed by atoms with Gasteiger partial charge in [-0.1, -0.05) is 11.6 Å². The summed E-state index contributed by atoms with van der Waals surface area (Å²) in [5.41, 5.74) is 3.41. The molecule has 1 amide bonds. The second-order valence-electron chi connectivity index (χ2n) is 6.81. The number of hydrogen-bond donors (Lipinski definition) is 2. The Morgan fingerprint density at radius 1 is 1.34 bits per heavy atom. The van der Waals surface area contributed by atoms with Gasteiger partial charge >= 0.3 is 0 Å². The van der Waals surface area contributed by atoms with Gasteiger partial charge in [-0.25, -0.2) is 8.42 Å². The van der Waals surface area contributed by atoms with Crippen LogP contribution in [0.4, 0.5) is 5.13 Å². The van der Waals surface area contributed by atoms with Crippen LogP contribution in [-0.2, 0) is 14.6 Å². The summed E-state index contributed by atoms with van der Waals surface area (Å²) in [5.74, 6) is -0.682. The molecule has 1 aromatic carbocycles. The molecule has 0 atom stereocenters. The summed E-state index contributed by atoms with van der Waals surface area (Å²) in [5, 5.41) is 11.8. The van der Waals surface area contributed by atoms with Crippen molar-refractivity contribution in [3.8, 4) is 6.07 Å². The third-order valence-corrected chi connectivity index (χ3v) is 7.03. The zero-order valence-electron chi connectivity index (χ0n) is 16.3. The first-order valence-corrected chi connectivity index (χ1v) is 11.0. The first-order chi connectivity index (χ1) is 13.6. The second-order valence-corrected chi connectivity index (χ2v) is 9.96. The molecule has 0 aliphatic rings. The number of aromatic amines is 1. The van der Waals surface area contributed by atoms with Crippen molar-refractivity contribution in [2.24, 2.45) is 0 Å². The van der Waals surface area contributed by atoms with Gasteiger partial charge in [0.1, 0.15) is 11.6 Å². The van der Waals surface area contributed by atoms with Crippen LogP contribution in [0.25, 0.3) is 17.0 Å². The molecular weight excluding hydrogens is 410 g/mol. The molecule has 0 aliphatic heterocycles. The van der Waals surface area contributed by atoms with Crippen LogP contribution in [0.5, 0.6) is 0 Å². The predicted octanol–water partition coefficient (Wildman–Crippen LogP) is 3.36. The molecule has 3 rings (SSSR count). The van der Waals surface area contributed by atoms with Crippen LogP contribution >= 0.6 is 11.5 Å². The lowest BCUT2D eigenvalue weighted by Gasteiger charge is -2.02. The molecule has 2 N–H and O–H groups in total. The average molecular weight is 430 g/mol. The number of rotatable bonds is 5. The van der Waals surface area contributed by atoms with Crippen molar-refractivity contribution in [3.63, 3.8) is 0 Å². The highest BCUT2D eigenvalue weighted by Crippen LogP contribution is 2.26. The van der Waals surface area contributed by atoms with Gasteiger partial charge in [0, 0.05) is 33.7 Å². The van der Waals surface area contributed by atoms with E-state index in [0.29, 0.717) is 0 Å². The van der Waals surface area contributed by atoms with Crippen molar-refractivity contribution in [3.05, 3.63) is 40.6 Å². The highest BCUT2D eigenvalue weighted by Gasteiger charge is 2.25. The van der Waals surface area contributed by atoms with E-state index in [1.54, 1.807) is 0 Å². The highest BCUT2D eigenvalue weighted by molar-refractivity contribution is 7.91. The monoisotopic (exact) mass is 429 g/mol. The molecule has 2 aromatic heterocycles. The predicted molar refractivity (Wildman–Crippen MR) is 112 cm³/mol. The fourth-order valence-corrected chi connectivity index (χ4v) is 4.39. The Balaban J connectivity index is 1.91. The molecule has 0 fully saturated rings. The summed E-state index contributed by atoms with van der Waals surface area (Å²) >= 11 is 0.751. The standard InChI is InChI=1S/C19H19N5O3S2/c1-10(2)29(26,27)19-23-18(28-24-19)22-17(25)13(9-20)8-14-12(4)21-16-6-5-11(3)7-15(14)16/h5-8,10,21H,1-4H3,(H,22,23,24,25)/b13-8-. The lowest BCUT2D eigenvalue weighted by molar-refractivity contribution is -0.112.